The standard InChI is InChI=1S/C14H20N4O/c1-12(7-8-19-2)17-14-5-3-13(4-6-14)9-18-11-15-10-16-18/h3-6,10-12,17H,7-9H2,1-2H3. The quantitative estimate of drug-likeness (QED) is 0.829. The first-order valence-corrected chi connectivity index (χ1v) is 6.45. The third-order valence-corrected chi connectivity index (χ3v) is 2.93. The molecule has 19 heavy (non-hydrogen) atoms. The molecule has 1 aromatic carbocycles. The van der Waals surface area contributed by atoms with Gasteiger partial charge in [-0.1, -0.05) is 12.1 Å². The molecule has 0 aliphatic carbocycles. The first-order chi connectivity index (χ1) is 9.28. The van der Waals surface area contributed by atoms with Crippen LogP contribution in [0.3, 0.4) is 0 Å². The maximum absolute atomic E-state index is 5.07. The van der Waals surface area contributed by atoms with Gasteiger partial charge in [0.25, 0.3) is 0 Å². The smallest absolute Gasteiger partial charge is 0.137 e. The van der Waals surface area contributed by atoms with Crippen molar-refractivity contribution in [2.75, 3.05) is 19.0 Å². The Balaban J connectivity index is 1.87. The molecule has 0 spiro atoms. The van der Waals surface area contributed by atoms with Gasteiger partial charge in [0, 0.05) is 25.4 Å². The second kappa shape index (κ2) is 6.89. The van der Waals surface area contributed by atoms with E-state index < -0.39 is 0 Å². The molecule has 0 fully saturated rings. The van der Waals surface area contributed by atoms with Gasteiger partial charge in [-0.3, -0.25) is 0 Å². The normalized spacial score (nSPS) is 12.3. The van der Waals surface area contributed by atoms with E-state index in [1.807, 2.05) is 4.68 Å². The van der Waals surface area contributed by atoms with Gasteiger partial charge in [-0.25, -0.2) is 9.67 Å². The Morgan fingerprint density at radius 2 is 2.11 bits per heavy atom. The Hall–Kier alpha value is -1.88. The second-order valence-electron chi connectivity index (χ2n) is 4.62. The summed E-state index contributed by atoms with van der Waals surface area (Å²) in [5.74, 6) is 0. The number of nitrogens with zero attached hydrogens (tertiary/aromatic N) is 3. The lowest BCUT2D eigenvalue weighted by Gasteiger charge is -2.15. The molecular formula is C14H20N4O. The first-order valence-electron chi connectivity index (χ1n) is 6.45. The lowest BCUT2D eigenvalue weighted by molar-refractivity contribution is 0.191. The predicted molar refractivity (Wildman–Crippen MR) is 75.1 cm³/mol. The summed E-state index contributed by atoms with van der Waals surface area (Å²) in [4.78, 5) is 3.93. The van der Waals surface area contributed by atoms with Crippen LogP contribution >= 0.6 is 0 Å². The first kappa shape index (κ1) is 13.5. The van der Waals surface area contributed by atoms with Gasteiger partial charge in [-0.05, 0) is 31.0 Å². The van der Waals surface area contributed by atoms with E-state index in [-0.39, 0.29) is 0 Å². The maximum Gasteiger partial charge on any atom is 0.137 e. The van der Waals surface area contributed by atoms with E-state index in [9.17, 15) is 0 Å². The van der Waals surface area contributed by atoms with Crippen molar-refractivity contribution in [2.45, 2.75) is 25.9 Å². The van der Waals surface area contributed by atoms with E-state index in [4.69, 9.17) is 4.74 Å². The zero-order valence-corrected chi connectivity index (χ0v) is 11.4. The Kier molecular flexibility index (Phi) is 4.92. The Morgan fingerprint density at radius 3 is 2.74 bits per heavy atom. The van der Waals surface area contributed by atoms with Gasteiger partial charge in [0.2, 0.25) is 0 Å². The van der Waals surface area contributed by atoms with Crippen molar-refractivity contribution in [1.82, 2.24) is 14.8 Å². The number of methoxy groups -OCH3 is 1. The van der Waals surface area contributed by atoms with Crippen LogP contribution in [0, 0.1) is 0 Å². The summed E-state index contributed by atoms with van der Waals surface area (Å²) in [5, 5.41) is 7.54. The lowest BCUT2D eigenvalue weighted by Crippen LogP contribution is -2.17. The third kappa shape index (κ3) is 4.37. The van der Waals surface area contributed by atoms with E-state index in [1.54, 1.807) is 19.8 Å². The molecule has 102 valence electrons. The van der Waals surface area contributed by atoms with Gasteiger partial charge < -0.3 is 10.1 Å². The Labute approximate surface area is 113 Å². The number of aromatic nitrogens is 3. The zero-order valence-electron chi connectivity index (χ0n) is 11.4. The summed E-state index contributed by atoms with van der Waals surface area (Å²) in [7, 11) is 1.73. The van der Waals surface area contributed by atoms with E-state index in [0.29, 0.717) is 6.04 Å². The number of nitrogens with one attached hydrogen (secondary N) is 1. The highest BCUT2D eigenvalue weighted by atomic mass is 16.5. The van der Waals surface area contributed by atoms with Gasteiger partial charge >= 0.3 is 0 Å². The number of anilines is 1. The molecule has 0 bridgehead atoms. The molecule has 1 N–H and O–H groups in total. The fraction of sp³-hybridized carbons (Fsp3) is 0.429. The van der Waals surface area contributed by atoms with Crippen LogP contribution in [0.15, 0.2) is 36.9 Å². The summed E-state index contributed by atoms with van der Waals surface area (Å²) in [6, 6.07) is 8.80. The average molecular weight is 260 g/mol. The molecule has 1 unspecified atom stereocenters. The van der Waals surface area contributed by atoms with Crippen molar-refractivity contribution in [3.63, 3.8) is 0 Å². The van der Waals surface area contributed by atoms with Crippen molar-refractivity contribution in [3.8, 4) is 0 Å². The third-order valence-electron chi connectivity index (χ3n) is 2.93. The summed E-state index contributed by atoms with van der Waals surface area (Å²) in [6.07, 6.45) is 4.27. The summed E-state index contributed by atoms with van der Waals surface area (Å²) in [5.41, 5.74) is 2.34. The summed E-state index contributed by atoms with van der Waals surface area (Å²) < 4.78 is 6.88. The molecule has 1 atom stereocenters. The van der Waals surface area contributed by atoms with Gasteiger partial charge in [0.1, 0.15) is 12.7 Å². The van der Waals surface area contributed by atoms with Crippen molar-refractivity contribution < 1.29 is 4.74 Å². The number of benzene rings is 1. The van der Waals surface area contributed by atoms with Crippen LogP contribution < -0.4 is 5.32 Å². The minimum Gasteiger partial charge on any atom is -0.385 e. The van der Waals surface area contributed by atoms with E-state index >= 15 is 0 Å². The molecule has 1 aromatic heterocycles. The molecule has 0 saturated heterocycles. The van der Waals surface area contributed by atoms with E-state index in [2.05, 4.69) is 46.6 Å². The monoisotopic (exact) mass is 260 g/mol. The molecule has 0 aliphatic heterocycles. The van der Waals surface area contributed by atoms with Gasteiger partial charge in [0.15, 0.2) is 0 Å². The number of hydrogen-bond acceptors (Lipinski definition) is 4. The molecular weight excluding hydrogens is 240 g/mol. The topological polar surface area (TPSA) is 52.0 Å². The van der Waals surface area contributed by atoms with Gasteiger partial charge in [-0.2, -0.15) is 5.10 Å². The lowest BCUT2D eigenvalue weighted by atomic mass is 10.2. The van der Waals surface area contributed by atoms with Gasteiger partial charge in [-0.15, -0.1) is 0 Å². The largest absolute Gasteiger partial charge is 0.385 e. The molecule has 5 nitrogen and oxygen atoms in total. The van der Waals surface area contributed by atoms with Crippen LogP contribution in [-0.2, 0) is 11.3 Å². The fourth-order valence-corrected chi connectivity index (χ4v) is 1.86. The zero-order chi connectivity index (χ0) is 13.5. The predicted octanol–water partition coefficient (Wildman–Crippen LogP) is 2.16. The summed E-state index contributed by atoms with van der Waals surface area (Å²) >= 11 is 0. The molecule has 0 aliphatic rings. The molecule has 1 heterocycles. The molecule has 5 heteroatoms. The highest BCUT2D eigenvalue weighted by molar-refractivity contribution is 5.45. The van der Waals surface area contributed by atoms with Crippen molar-refractivity contribution >= 4 is 5.69 Å². The molecule has 0 radical (unpaired) electrons. The van der Waals surface area contributed by atoms with E-state index in [0.717, 1.165) is 25.3 Å². The number of rotatable bonds is 7. The average Bonchev–Trinajstić information content (AvgIpc) is 2.91. The SMILES string of the molecule is COCCC(C)Nc1ccc(Cn2cncn2)cc1. The molecule has 2 aromatic rings. The summed E-state index contributed by atoms with van der Waals surface area (Å²) in [6.45, 7) is 3.68. The molecule has 0 amide bonds. The van der Waals surface area contributed by atoms with Crippen LogP contribution in [0.2, 0.25) is 0 Å². The molecule has 2 rings (SSSR count). The number of ether oxygens (including phenoxy) is 1. The Morgan fingerprint density at radius 1 is 1.32 bits per heavy atom. The maximum atomic E-state index is 5.07. The minimum absolute atomic E-state index is 0.404. The fourth-order valence-electron chi connectivity index (χ4n) is 1.86. The van der Waals surface area contributed by atoms with E-state index in [1.165, 1.54) is 5.56 Å². The molecule has 0 saturated carbocycles. The van der Waals surface area contributed by atoms with Gasteiger partial charge in [0.05, 0.1) is 6.54 Å². The minimum atomic E-state index is 0.404. The van der Waals surface area contributed by atoms with Crippen LogP contribution in [-0.4, -0.2) is 34.5 Å². The van der Waals surface area contributed by atoms with Crippen LogP contribution in [0.5, 0.6) is 0 Å². The van der Waals surface area contributed by atoms with Crippen molar-refractivity contribution in [1.29, 1.82) is 0 Å². The number of hydrogen-bond donors (Lipinski definition) is 1. The van der Waals surface area contributed by atoms with Crippen LogP contribution in [0.25, 0.3) is 0 Å². The second-order valence-corrected chi connectivity index (χ2v) is 4.62. The van der Waals surface area contributed by atoms with Crippen molar-refractivity contribution in [2.24, 2.45) is 0 Å². The highest BCUT2D eigenvalue weighted by Crippen LogP contribution is 2.12. The van der Waals surface area contributed by atoms with Crippen LogP contribution in [0.4, 0.5) is 5.69 Å². The van der Waals surface area contributed by atoms with Crippen LogP contribution in [0.1, 0.15) is 18.9 Å². The van der Waals surface area contributed by atoms with Crippen molar-refractivity contribution in [3.05, 3.63) is 42.5 Å². The Bertz CT molecular complexity index is 467. The highest BCUT2D eigenvalue weighted by Gasteiger charge is 2.02.